The third kappa shape index (κ3) is 4.23. The third-order valence-electron chi connectivity index (χ3n) is 4.53. The van der Waals surface area contributed by atoms with Gasteiger partial charge < -0.3 is 14.4 Å². The van der Waals surface area contributed by atoms with E-state index in [9.17, 15) is 9.59 Å². The van der Waals surface area contributed by atoms with Crippen LogP contribution >= 0.6 is 0 Å². The first-order chi connectivity index (χ1) is 12.6. The van der Waals surface area contributed by atoms with Crippen molar-refractivity contribution >= 4 is 17.6 Å². The van der Waals surface area contributed by atoms with E-state index in [-0.39, 0.29) is 18.9 Å². The number of nitrogens with zero attached hydrogens (tertiary/aromatic N) is 1. The van der Waals surface area contributed by atoms with Crippen molar-refractivity contribution in [3.05, 3.63) is 59.2 Å². The van der Waals surface area contributed by atoms with Gasteiger partial charge in [-0.05, 0) is 49.1 Å². The van der Waals surface area contributed by atoms with E-state index in [0.717, 1.165) is 41.0 Å². The minimum absolute atomic E-state index is 0.168. The summed E-state index contributed by atoms with van der Waals surface area (Å²) in [5.41, 5.74) is 3.97. The fourth-order valence-corrected chi connectivity index (χ4v) is 3.10. The van der Waals surface area contributed by atoms with Gasteiger partial charge in [-0.2, -0.15) is 0 Å². The molecule has 0 aromatic heterocycles. The Morgan fingerprint density at radius 3 is 2.62 bits per heavy atom. The summed E-state index contributed by atoms with van der Waals surface area (Å²) in [5, 5.41) is 0. The molecule has 26 heavy (non-hydrogen) atoms. The first kappa shape index (κ1) is 18.0. The molecule has 0 aliphatic carbocycles. The van der Waals surface area contributed by atoms with Gasteiger partial charge in [0.15, 0.2) is 6.61 Å². The summed E-state index contributed by atoms with van der Waals surface area (Å²) in [6, 6.07) is 13.4. The second kappa shape index (κ2) is 8.04. The molecule has 1 amide bonds. The largest absolute Gasteiger partial charge is 0.497 e. The Balaban J connectivity index is 1.59. The molecule has 0 saturated carbocycles. The number of methoxy groups -OCH3 is 1. The third-order valence-corrected chi connectivity index (χ3v) is 4.53. The monoisotopic (exact) mass is 353 g/mol. The number of rotatable bonds is 5. The number of carbonyl (C=O) groups is 2. The normalized spacial score (nSPS) is 13.1. The van der Waals surface area contributed by atoms with Crippen molar-refractivity contribution in [3.8, 4) is 5.75 Å². The maximum absolute atomic E-state index is 12.5. The molecule has 0 radical (unpaired) electrons. The maximum atomic E-state index is 12.5. The molecular weight excluding hydrogens is 330 g/mol. The molecule has 0 spiro atoms. The van der Waals surface area contributed by atoms with Crippen LogP contribution in [0.4, 0.5) is 5.69 Å². The van der Waals surface area contributed by atoms with Crippen LogP contribution in [0.1, 0.15) is 23.1 Å². The predicted octanol–water partition coefficient (Wildman–Crippen LogP) is 3.07. The smallest absolute Gasteiger partial charge is 0.310 e. The average molecular weight is 353 g/mol. The minimum Gasteiger partial charge on any atom is -0.497 e. The molecule has 2 aromatic carbocycles. The molecular formula is C21H23NO4. The lowest BCUT2D eigenvalue weighted by Crippen LogP contribution is -2.38. The average Bonchev–Trinajstić information content (AvgIpc) is 2.67. The van der Waals surface area contributed by atoms with Gasteiger partial charge in [0.2, 0.25) is 0 Å². The molecule has 0 unspecified atom stereocenters. The van der Waals surface area contributed by atoms with Crippen molar-refractivity contribution in [1.29, 1.82) is 0 Å². The molecule has 0 bridgehead atoms. The summed E-state index contributed by atoms with van der Waals surface area (Å²) >= 11 is 0. The lowest BCUT2D eigenvalue weighted by atomic mass is 10.0. The van der Waals surface area contributed by atoms with Gasteiger partial charge in [0, 0.05) is 12.2 Å². The summed E-state index contributed by atoms with van der Waals surface area (Å²) in [7, 11) is 1.63. The number of fused-ring (bicyclic) bond motifs is 1. The molecule has 0 fully saturated rings. The highest BCUT2D eigenvalue weighted by Gasteiger charge is 2.23. The number of benzene rings is 2. The maximum Gasteiger partial charge on any atom is 0.310 e. The fraction of sp³-hybridized carbons (Fsp3) is 0.333. The summed E-state index contributed by atoms with van der Waals surface area (Å²) in [4.78, 5) is 26.2. The summed E-state index contributed by atoms with van der Waals surface area (Å²) < 4.78 is 10.4. The van der Waals surface area contributed by atoms with Crippen LogP contribution < -0.4 is 9.64 Å². The molecule has 0 atom stereocenters. The van der Waals surface area contributed by atoms with E-state index in [4.69, 9.17) is 9.47 Å². The molecule has 5 nitrogen and oxygen atoms in total. The highest BCUT2D eigenvalue weighted by molar-refractivity contribution is 5.96. The van der Waals surface area contributed by atoms with Crippen molar-refractivity contribution in [2.24, 2.45) is 0 Å². The molecule has 136 valence electrons. The van der Waals surface area contributed by atoms with E-state index >= 15 is 0 Å². The van der Waals surface area contributed by atoms with Crippen molar-refractivity contribution in [2.45, 2.75) is 26.2 Å². The van der Waals surface area contributed by atoms with Gasteiger partial charge in [-0.15, -0.1) is 0 Å². The quantitative estimate of drug-likeness (QED) is 0.775. The van der Waals surface area contributed by atoms with Gasteiger partial charge in [0.05, 0.1) is 13.5 Å². The molecule has 1 aliphatic heterocycles. The Morgan fingerprint density at radius 1 is 1.12 bits per heavy atom. The number of aryl methyl sites for hydroxylation is 2. The minimum atomic E-state index is -0.394. The Hall–Kier alpha value is -2.82. The first-order valence-corrected chi connectivity index (χ1v) is 8.75. The molecule has 1 heterocycles. The number of anilines is 1. The van der Waals surface area contributed by atoms with Crippen molar-refractivity contribution in [2.75, 3.05) is 25.2 Å². The topological polar surface area (TPSA) is 55.8 Å². The van der Waals surface area contributed by atoms with Gasteiger partial charge >= 0.3 is 5.97 Å². The molecule has 1 aliphatic rings. The molecule has 5 heteroatoms. The van der Waals surface area contributed by atoms with Gasteiger partial charge in [0.25, 0.3) is 5.91 Å². The predicted molar refractivity (Wildman–Crippen MR) is 99.5 cm³/mol. The van der Waals surface area contributed by atoms with Crippen LogP contribution in [-0.2, 0) is 27.2 Å². The summed E-state index contributed by atoms with van der Waals surface area (Å²) in [6.45, 7) is 2.39. The first-order valence-electron chi connectivity index (χ1n) is 8.75. The van der Waals surface area contributed by atoms with Crippen LogP contribution in [0.3, 0.4) is 0 Å². The molecule has 0 saturated heterocycles. The van der Waals surface area contributed by atoms with Gasteiger partial charge in [-0.3, -0.25) is 9.59 Å². The zero-order chi connectivity index (χ0) is 18.5. The zero-order valence-electron chi connectivity index (χ0n) is 15.2. The number of esters is 1. The van der Waals surface area contributed by atoms with Gasteiger partial charge in [-0.1, -0.05) is 29.8 Å². The number of hydrogen-bond acceptors (Lipinski definition) is 4. The van der Waals surface area contributed by atoms with Crippen LogP contribution in [-0.4, -0.2) is 32.1 Å². The van der Waals surface area contributed by atoms with Crippen LogP contribution in [0.2, 0.25) is 0 Å². The van der Waals surface area contributed by atoms with Crippen molar-refractivity contribution in [3.63, 3.8) is 0 Å². The SMILES string of the molecule is COc1ccc2c(c1)CCCN2C(=O)COC(=O)Cc1ccc(C)cc1. The lowest BCUT2D eigenvalue weighted by Gasteiger charge is -2.29. The Labute approximate surface area is 153 Å². The second-order valence-electron chi connectivity index (χ2n) is 6.47. The van der Waals surface area contributed by atoms with Crippen molar-refractivity contribution < 1.29 is 19.1 Å². The highest BCUT2D eigenvalue weighted by Crippen LogP contribution is 2.30. The van der Waals surface area contributed by atoms with E-state index in [1.807, 2.05) is 49.4 Å². The second-order valence-corrected chi connectivity index (χ2v) is 6.47. The fourth-order valence-electron chi connectivity index (χ4n) is 3.10. The zero-order valence-corrected chi connectivity index (χ0v) is 15.2. The van der Waals surface area contributed by atoms with Crippen molar-refractivity contribution in [1.82, 2.24) is 0 Å². The Bertz CT molecular complexity index is 798. The lowest BCUT2D eigenvalue weighted by molar-refractivity contribution is -0.147. The van der Waals surface area contributed by atoms with Crippen LogP contribution in [0.15, 0.2) is 42.5 Å². The van der Waals surface area contributed by atoms with E-state index in [2.05, 4.69) is 0 Å². The summed E-state index contributed by atoms with van der Waals surface area (Å²) in [5.74, 6) is 0.185. The highest BCUT2D eigenvalue weighted by atomic mass is 16.5. The number of carbonyl (C=O) groups excluding carboxylic acids is 2. The number of amides is 1. The van der Waals surface area contributed by atoms with Crippen LogP contribution in [0, 0.1) is 6.92 Å². The Kier molecular flexibility index (Phi) is 5.56. The van der Waals surface area contributed by atoms with E-state index in [0.29, 0.717) is 6.54 Å². The molecule has 2 aromatic rings. The van der Waals surface area contributed by atoms with Gasteiger partial charge in [-0.25, -0.2) is 0 Å². The van der Waals surface area contributed by atoms with E-state index < -0.39 is 5.97 Å². The van der Waals surface area contributed by atoms with E-state index in [1.165, 1.54) is 0 Å². The van der Waals surface area contributed by atoms with Gasteiger partial charge in [0.1, 0.15) is 5.75 Å². The molecule has 3 rings (SSSR count). The number of ether oxygens (including phenoxy) is 2. The van der Waals surface area contributed by atoms with E-state index in [1.54, 1.807) is 12.0 Å². The number of hydrogen-bond donors (Lipinski definition) is 0. The molecule has 0 N–H and O–H groups in total. The van der Waals surface area contributed by atoms with Crippen LogP contribution in [0.5, 0.6) is 5.75 Å². The van der Waals surface area contributed by atoms with Crippen LogP contribution in [0.25, 0.3) is 0 Å². The standard InChI is InChI=1S/C21H23NO4/c1-15-5-7-16(8-6-15)12-21(24)26-14-20(23)22-11-3-4-17-13-18(25-2)9-10-19(17)22/h5-10,13H,3-4,11-12,14H2,1-2H3. The Morgan fingerprint density at radius 2 is 1.88 bits per heavy atom. The summed E-state index contributed by atoms with van der Waals surface area (Å²) in [6.07, 6.45) is 1.95.